The summed E-state index contributed by atoms with van der Waals surface area (Å²) in [6.07, 6.45) is 0.358. The number of aliphatic hydroxyl groups is 1. The van der Waals surface area contributed by atoms with E-state index in [0.717, 1.165) is 27.1 Å². The molecule has 2 aromatic carbocycles. The lowest BCUT2D eigenvalue weighted by Gasteiger charge is -2.29. The molecule has 0 saturated carbocycles. The fraction of sp³-hybridized carbons (Fsp3) is 0.176. The second kappa shape index (κ2) is 3.80. The number of hydrogen-bond donors (Lipinski definition) is 3. The molecule has 0 saturated heterocycles. The minimum atomic E-state index is -1.13. The maximum Gasteiger partial charge on any atom is 0.158 e. The van der Waals surface area contributed by atoms with Gasteiger partial charge in [0.05, 0.1) is 0 Å². The largest absolute Gasteiger partial charge is 0.504 e. The standard InChI is InChI=1S/C17H14O4/c1-9-2-3-11-15(4-9)21-8-17(20)7-10-5-13(18)14(19)6-12(10)16(11)17/h2-6,18-20H,1,7-8H2. The lowest BCUT2D eigenvalue weighted by molar-refractivity contribution is 0.0452. The number of hydrogen-bond acceptors (Lipinski definition) is 4. The highest BCUT2D eigenvalue weighted by molar-refractivity contribution is 5.82. The molecule has 21 heavy (non-hydrogen) atoms. The van der Waals surface area contributed by atoms with Crippen LogP contribution in [0.1, 0.15) is 11.1 Å². The summed E-state index contributed by atoms with van der Waals surface area (Å²) in [4.78, 5) is 0. The summed E-state index contributed by atoms with van der Waals surface area (Å²) in [6.45, 7) is 4.02. The fourth-order valence-electron chi connectivity index (χ4n) is 3.26. The number of rotatable bonds is 0. The van der Waals surface area contributed by atoms with Gasteiger partial charge in [0.1, 0.15) is 18.0 Å². The normalized spacial score (nSPS) is 22.2. The van der Waals surface area contributed by atoms with Gasteiger partial charge in [-0.2, -0.15) is 0 Å². The Kier molecular flexibility index (Phi) is 2.22. The molecule has 0 fully saturated rings. The molecular formula is C17H14O4. The zero-order valence-corrected chi connectivity index (χ0v) is 11.3. The van der Waals surface area contributed by atoms with Gasteiger partial charge in [0.25, 0.3) is 0 Å². The summed E-state index contributed by atoms with van der Waals surface area (Å²) >= 11 is 0. The molecule has 1 heterocycles. The van der Waals surface area contributed by atoms with Crippen molar-refractivity contribution >= 4 is 12.2 Å². The summed E-state index contributed by atoms with van der Waals surface area (Å²) in [6, 6.07) is 8.57. The Morgan fingerprint density at radius 1 is 1.10 bits per heavy atom. The SMILES string of the molecule is C=c1ccc2c(c1)OCC1(O)Cc3cc(O)c(O)cc3C=21. The summed E-state index contributed by atoms with van der Waals surface area (Å²) < 4.78 is 5.68. The molecule has 0 radical (unpaired) electrons. The molecule has 0 bridgehead atoms. The zero-order chi connectivity index (χ0) is 14.8. The van der Waals surface area contributed by atoms with Gasteiger partial charge in [-0.05, 0) is 34.5 Å². The molecular weight excluding hydrogens is 268 g/mol. The molecule has 1 aliphatic heterocycles. The fourth-order valence-corrected chi connectivity index (χ4v) is 3.26. The minimum Gasteiger partial charge on any atom is -0.504 e. The smallest absolute Gasteiger partial charge is 0.158 e. The van der Waals surface area contributed by atoms with E-state index in [-0.39, 0.29) is 18.1 Å². The molecule has 0 amide bonds. The molecule has 4 nitrogen and oxygen atoms in total. The van der Waals surface area contributed by atoms with Crippen LogP contribution in [0.4, 0.5) is 0 Å². The average molecular weight is 282 g/mol. The van der Waals surface area contributed by atoms with Crippen LogP contribution in [0.15, 0.2) is 30.3 Å². The first-order valence-electron chi connectivity index (χ1n) is 6.72. The Hall–Kier alpha value is -2.46. The van der Waals surface area contributed by atoms with Crippen molar-refractivity contribution in [1.82, 2.24) is 0 Å². The average Bonchev–Trinajstić information content (AvgIpc) is 2.71. The van der Waals surface area contributed by atoms with Crippen LogP contribution in [0.25, 0.3) is 12.2 Å². The predicted octanol–water partition coefficient (Wildman–Crippen LogP) is 0.387. The summed E-state index contributed by atoms with van der Waals surface area (Å²) in [7, 11) is 0. The number of benzene rings is 2. The van der Waals surface area contributed by atoms with Crippen LogP contribution in [0.2, 0.25) is 0 Å². The molecule has 106 valence electrons. The van der Waals surface area contributed by atoms with Crippen molar-refractivity contribution in [3.05, 3.63) is 51.9 Å². The molecule has 1 unspecified atom stereocenters. The molecule has 4 rings (SSSR count). The first-order valence-corrected chi connectivity index (χ1v) is 6.72. The molecule has 3 N–H and O–H groups in total. The van der Waals surface area contributed by atoms with Crippen LogP contribution in [0.5, 0.6) is 17.2 Å². The van der Waals surface area contributed by atoms with E-state index in [0.29, 0.717) is 12.2 Å². The van der Waals surface area contributed by atoms with E-state index in [1.54, 1.807) is 0 Å². The lowest BCUT2D eigenvalue weighted by Crippen LogP contribution is -2.43. The van der Waals surface area contributed by atoms with Crippen LogP contribution < -0.4 is 15.2 Å². The van der Waals surface area contributed by atoms with Crippen molar-refractivity contribution in [3.8, 4) is 17.2 Å². The minimum absolute atomic E-state index is 0.148. The van der Waals surface area contributed by atoms with E-state index in [1.165, 1.54) is 12.1 Å². The maximum atomic E-state index is 10.9. The van der Waals surface area contributed by atoms with E-state index < -0.39 is 5.60 Å². The third-order valence-corrected chi connectivity index (χ3v) is 4.20. The van der Waals surface area contributed by atoms with Crippen LogP contribution >= 0.6 is 0 Å². The van der Waals surface area contributed by atoms with Gasteiger partial charge in [-0.3, -0.25) is 0 Å². The van der Waals surface area contributed by atoms with E-state index in [4.69, 9.17) is 4.74 Å². The Labute approximate surface area is 120 Å². The second-order valence-electron chi connectivity index (χ2n) is 5.70. The molecule has 0 aromatic heterocycles. The second-order valence-corrected chi connectivity index (χ2v) is 5.70. The Morgan fingerprint density at radius 2 is 1.86 bits per heavy atom. The van der Waals surface area contributed by atoms with E-state index in [2.05, 4.69) is 6.58 Å². The quantitative estimate of drug-likeness (QED) is 0.611. The van der Waals surface area contributed by atoms with Gasteiger partial charge in [0.2, 0.25) is 0 Å². The lowest BCUT2D eigenvalue weighted by atomic mass is 9.91. The Morgan fingerprint density at radius 3 is 2.67 bits per heavy atom. The zero-order valence-electron chi connectivity index (χ0n) is 11.3. The summed E-state index contributed by atoms with van der Waals surface area (Å²) in [5.74, 6) is 0.320. The Balaban J connectivity index is 2.13. The van der Waals surface area contributed by atoms with E-state index in [9.17, 15) is 15.3 Å². The van der Waals surface area contributed by atoms with Crippen molar-refractivity contribution in [2.75, 3.05) is 6.61 Å². The monoisotopic (exact) mass is 282 g/mol. The molecule has 2 aromatic rings. The topological polar surface area (TPSA) is 69.9 Å². The summed E-state index contributed by atoms with van der Waals surface area (Å²) in [5.41, 5.74) is 1.18. The number of aromatic hydroxyl groups is 2. The van der Waals surface area contributed by atoms with E-state index in [1.807, 2.05) is 18.2 Å². The van der Waals surface area contributed by atoms with E-state index >= 15 is 0 Å². The van der Waals surface area contributed by atoms with Crippen molar-refractivity contribution in [2.24, 2.45) is 0 Å². The van der Waals surface area contributed by atoms with Crippen molar-refractivity contribution < 1.29 is 20.1 Å². The van der Waals surface area contributed by atoms with Gasteiger partial charge in [0, 0.05) is 17.2 Å². The Bertz CT molecular complexity index is 884. The number of phenolic OH excluding ortho intramolecular Hbond substituents is 2. The van der Waals surface area contributed by atoms with Crippen molar-refractivity contribution in [1.29, 1.82) is 0 Å². The van der Waals surface area contributed by atoms with Crippen LogP contribution in [-0.4, -0.2) is 27.5 Å². The highest BCUT2D eigenvalue weighted by atomic mass is 16.5. The van der Waals surface area contributed by atoms with Crippen LogP contribution in [0.3, 0.4) is 0 Å². The van der Waals surface area contributed by atoms with Crippen LogP contribution in [0, 0.1) is 0 Å². The highest BCUT2D eigenvalue weighted by Gasteiger charge is 2.44. The number of ether oxygens (including phenoxy) is 1. The van der Waals surface area contributed by atoms with Crippen molar-refractivity contribution in [2.45, 2.75) is 12.0 Å². The first kappa shape index (κ1) is 12.3. The maximum absolute atomic E-state index is 10.9. The molecule has 4 heteroatoms. The number of phenols is 2. The van der Waals surface area contributed by atoms with Gasteiger partial charge in [0.15, 0.2) is 11.5 Å². The summed E-state index contributed by atoms with van der Waals surface area (Å²) in [5, 5.41) is 32.0. The van der Waals surface area contributed by atoms with Gasteiger partial charge in [-0.15, -0.1) is 0 Å². The molecule has 0 spiro atoms. The van der Waals surface area contributed by atoms with Gasteiger partial charge in [-0.25, -0.2) is 0 Å². The predicted molar refractivity (Wildman–Crippen MR) is 77.6 cm³/mol. The van der Waals surface area contributed by atoms with Gasteiger partial charge in [-0.1, -0.05) is 18.7 Å². The highest BCUT2D eigenvalue weighted by Crippen LogP contribution is 2.44. The molecule has 1 atom stereocenters. The van der Waals surface area contributed by atoms with Crippen molar-refractivity contribution in [3.63, 3.8) is 0 Å². The van der Waals surface area contributed by atoms with Crippen LogP contribution in [-0.2, 0) is 6.42 Å². The molecule has 2 aliphatic rings. The first-order chi connectivity index (χ1) is 9.98. The van der Waals surface area contributed by atoms with Gasteiger partial charge >= 0.3 is 0 Å². The third kappa shape index (κ3) is 1.59. The van der Waals surface area contributed by atoms with Gasteiger partial charge < -0.3 is 20.1 Å². The molecule has 1 aliphatic carbocycles. The third-order valence-electron chi connectivity index (χ3n) is 4.20. The number of fused-ring (bicyclic) bond motifs is 4.